The molecule has 0 saturated carbocycles. The first-order chi connectivity index (χ1) is 9.02. The molecule has 1 fully saturated rings. The molecule has 1 aromatic carbocycles. The summed E-state index contributed by atoms with van der Waals surface area (Å²) in [5.41, 5.74) is 6.53. The second-order valence-electron chi connectivity index (χ2n) is 4.88. The number of likely N-dealkylation sites (tertiary alicyclic amines) is 1. The second-order valence-corrected chi connectivity index (χ2v) is 4.88. The molecule has 0 aromatic heterocycles. The Balaban J connectivity index is 2.43. The van der Waals surface area contributed by atoms with E-state index in [9.17, 15) is 13.6 Å². The minimum atomic E-state index is -0.644. The van der Waals surface area contributed by atoms with E-state index >= 15 is 0 Å². The number of rotatable bonds is 2. The van der Waals surface area contributed by atoms with E-state index in [0.717, 1.165) is 6.07 Å². The van der Waals surface area contributed by atoms with Crippen LogP contribution in [0, 0.1) is 11.6 Å². The number of nitrogens with zero attached hydrogens (tertiary/aromatic N) is 1. The topological polar surface area (TPSA) is 46.3 Å². The van der Waals surface area contributed by atoms with Crippen LogP contribution in [-0.4, -0.2) is 23.4 Å². The number of carbonyl (C=O) groups is 1. The molecule has 1 amide bonds. The van der Waals surface area contributed by atoms with Gasteiger partial charge in [-0.05, 0) is 37.5 Å². The maximum absolute atomic E-state index is 13.4. The zero-order chi connectivity index (χ0) is 14.0. The van der Waals surface area contributed by atoms with Gasteiger partial charge in [0.1, 0.15) is 11.6 Å². The summed E-state index contributed by atoms with van der Waals surface area (Å²) in [4.78, 5) is 13.6. The van der Waals surface area contributed by atoms with Gasteiger partial charge >= 0.3 is 0 Å². The molecule has 0 spiro atoms. The van der Waals surface area contributed by atoms with E-state index in [4.69, 9.17) is 5.73 Å². The summed E-state index contributed by atoms with van der Waals surface area (Å²) in [5, 5.41) is 0. The fraction of sp³-hybridized carbons (Fsp3) is 0.500. The average molecular weight is 268 g/mol. The Hall–Kier alpha value is -1.49. The predicted octanol–water partition coefficient (Wildman–Crippen LogP) is 2.37. The number of nitrogens with two attached hydrogens (primary N) is 1. The van der Waals surface area contributed by atoms with Crippen molar-refractivity contribution in [3.63, 3.8) is 0 Å². The molecule has 1 aliphatic heterocycles. The molecule has 2 unspecified atom stereocenters. The van der Waals surface area contributed by atoms with Gasteiger partial charge < -0.3 is 10.6 Å². The fourth-order valence-corrected chi connectivity index (χ4v) is 2.72. The van der Waals surface area contributed by atoms with Crippen molar-refractivity contribution >= 4 is 5.91 Å². The molecule has 0 aliphatic carbocycles. The molecule has 0 radical (unpaired) electrons. The number of hydrogen-bond acceptors (Lipinski definition) is 2. The van der Waals surface area contributed by atoms with Crippen LogP contribution in [0.2, 0.25) is 0 Å². The van der Waals surface area contributed by atoms with Crippen molar-refractivity contribution in [3.8, 4) is 0 Å². The van der Waals surface area contributed by atoms with Gasteiger partial charge in [-0.3, -0.25) is 4.79 Å². The predicted molar refractivity (Wildman–Crippen MR) is 68.3 cm³/mol. The molecular weight excluding hydrogens is 250 g/mol. The third kappa shape index (κ3) is 2.92. The highest BCUT2D eigenvalue weighted by Gasteiger charge is 2.32. The van der Waals surface area contributed by atoms with Gasteiger partial charge in [-0.1, -0.05) is 0 Å². The molecule has 2 atom stereocenters. The molecule has 2 N–H and O–H groups in total. The van der Waals surface area contributed by atoms with Crippen molar-refractivity contribution in [3.05, 3.63) is 35.4 Å². The Morgan fingerprint density at radius 2 is 1.95 bits per heavy atom. The van der Waals surface area contributed by atoms with Crippen LogP contribution < -0.4 is 5.73 Å². The lowest BCUT2D eigenvalue weighted by molar-refractivity contribution is -0.133. The van der Waals surface area contributed by atoms with Crippen LogP contribution in [0.25, 0.3) is 0 Å². The van der Waals surface area contributed by atoms with Crippen molar-refractivity contribution in [2.45, 2.75) is 38.3 Å². The van der Waals surface area contributed by atoms with Crippen molar-refractivity contribution in [1.29, 1.82) is 0 Å². The molecular formula is C14H18F2N2O. The van der Waals surface area contributed by atoms with Crippen LogP contribution in [0.1, 0.15) is 37.8 Å². The van der Waals surface area contributed by atoms with E-state index < -0.39 is 17.7 Å². The number of hydrogen-bond donors (Lipinski definition) is 1. The van der Waals surface area contributed by atoms with E-state index in [2.05, 4.69) is 0 Å². The molecule has 1 saturated heterocycles. The summed E-state index contributed by atoms with van der Waals surface area (Å²) in [6.45, 7) is 2.33. The van der Waals surface area contributed by atoms with Crippen molar-refractivity contribution in [2.75, 3.05) is 6.54 Å². The van der Waals surface area contributed by atoms with Crippen LogP contribution in [0.4, 0.5) is 8.78 Å². The van der Waals surface area contributed by atoms with Gasteiger partial charge in [0.25, 0.3) is 0 Å². The van der Waals surface area contributed by atoms with Gasteiger partial charge in [0.05, 0.1) is 6.04 Å². The Morgan fingerprint density at radius 3 is 2.53 bits per heavy atom. The number of benzene rings is 1. The molecule has 1 heterocycles. The Morgan fingerprint density at radius 1 is 1.32 bits per heavy atom. The number of amides is 1. The fourth-order valence-electron chi connectivity index (χ4n) is 2.72. The molecule has 1 aliphatic rings. The molecule has 19 heavy (non-hydrogen) atoms. The summed E-state index contributed by atoms with van der Waals surface area (Å²) < 4.78 is 26.7. The van der Waals surface area contributed by atoms with Gasteiger partial charge in [0, 0.05) is 25.1 Å². The minimum Gasteiger partial charge on any atom is -0.334 e. The third-order valence-electron chi connectivity index (χ3n) is 3.56. The molecule has 3 nitrogen and oxygen atoms in total. The smallest absolute Gasteiger partial charge is 0.223 e. The maximum atomic E-state index is 13.4. The van der Waals surface area contributed by atoms with Crippen molar-refractivity contribution < 1.29 is 13.6 Å². The third-order valence-corrected chi connectivity index (χ3v) is 3.56. The molecule has 5 heteroatoms. The highest BCUT2D eigenvalue weighted by molar-refractivity contribution is 5.77. The standard InChI is InChI=1S/C14H18F2N2O/c1-2-18-13(19)5-3-4-12(17)14(18)9-6-10(15)8-11(16)7-9/h6-8,12,14H,2-5,17H2,1H3. The van der Waals surface area contributed by atoms with Gasteiger partial charge in [-0.15, -0.1) is 0 Å². The summed E-state index contributed by atoms with van der Waals surface area (Å²) in [7, 11) is 0. The van der Waals surface area contributed by atoms with Crippen LogP contribution >= 0.6 is 0 Å². The average Bonchev–Trinajstić information content (AvgIpc) is 2.46. The van der Waals surface area contributed by atoms with E-state index in [1.807, 2.05) is 6.92 Å². The Labute approximate surface area is 111 Å². The quantitative estimate of drug-likeness (QED) is 0.895. The van der Waals surface area contributed by atoms with Gasteiger partial charge in [-0.2, -0.15) is 0 Å². The van der Waals surface area contributed by atoms with Gasteiger partial charge in [-0.25, -0.2) is 8.78 Å². The monoisotopic (exact) mass is 268 g/mol. The Bertz CT molecular complexity index is 458. The number of carbonyl (C=O) groups excluding carboxylic acids is 1. The first-order valence-electron chi connectivity index (χ1n) is 6.54. The highest BCUT2D eigenvalue weighted by atomic mass is 19.1. The van der Waals surface area contributed by atoms with Crippen molar-refractivity contribution in [1.82, 2.24) is 4.90 Å². The largest absolute Gasteiger partial charge is 0.334 e. The zero-order valence-electron chi connectivity index (χ0n) is 10.9. The lowest BCUT2D eigenvalue weighted by Crippen LogP contribution is -2.42. The second kappa shape index (κ2) is 5.65. The van der Waals surface area contributed by atoms with Crippen molar-refractivity contribution in [2.24, 2.45) is 5.73 Å². The SMILES string of the molecule is CCN1C(=O)CCCC(N)C1c1cc(F)cc(F)c1. The molecule has 0 bridgehead atoms. The lowest BCUT2D eigenvalue weighted by Gasteiger charge is -2.33. The molecule has 104 valence electrons. The number of likely N-dealkylation sites (N-methyl/N-ethyl adjacent to an activating group) is 1. The summed E-state index contributed by atoms with van der Waals surface area (Å²) in [6, 6.07) is 2.59. The first kappa shape index (κ1) is 13.9. The van der Waals surface area contributed by atoms with E-state index in [0.29, 0.717) is 31.4 Å². The normalized spacial score (nSPS) is 24.4. The van der Waals surface area contributed by atoms with Gasteiger partial charge in [0.15, 0.2) is 0 Å². The summed E-state index contributed by atoms with van der Waals surface area (Å²) in [6.07, 6.45) is 1.83. The zero-order valence-corrected chi connectivity index (χ0v) is 10.9. The van der Waals surface area contributed by atoms with E-state index in [1.54, 1.807) is 4.90 Å². The highest BCUT2D eigenvalue weighted by Crippen LogP contribution is 2.30. The first-order valence-corrected chi connectivity index (χ1v) is 6.54. The molecule has 2 rings (SSSR count). The number of halogens is 2. The Kier molecular flexibility index (Phi) is 4.14. The van der Waals surface area contributed by atoms with Crippen LogP contribution in [-0.2, 0) is 4.79 Å². The van der Waals surface area contributed by atoms with E-state index in [1.165, 1.54) is 12.1 Å². The summed E-state index contributed by atoms with van der Waals surface area (Å²) >= 11 is 0. The summed E-state index contributed by atoms with van der Waals surface area (Å²) in [5.74, 6) is -1.30. The van der Waals surface area contributed by atoms with Crippen LogP contribution in [0.3, 0.4) is 0 Å². The van der Waals surface area contributed by atoms with Gasteiger partial charge in [0.2, 0.25) is 5.91 Å². The van der Waals surface area contributed by atoms with E-state index in [-0.39, 0.29) is 11.9 Å². The molecule has 1 aromatic rings. The van der Waals surface area contributed by atoms with Crippen LogP contribution in [0.5, 0.6) is 0 Å². The maximum Gasteiger partial charge on any atom is 0.223 e. The minimum absolute atomic E-state index is 0.00915. The van der Waals surface area contributed by atoms with Crippen LogP contribution in [0.15, 0.2) is 18.2 Å². The lowest BCUT2D eigenvalue weighted by atomic mass is 9.96.